The fraction of sp³-hybridized carbons (Fsp3) is 0.857. The summed E-state index contributed by atoms with van der Waals surface area (Å²) in [7, 11) is 0. The summed E-state index contributed by atoms with van der Waals surface area (Å²) in [5, 5.41) is 0. The Labute approximate surface area is 131 Å². The smallest absolute Gasteiger partial charge is 0.426 e. The zero-order chi connectivity index (χ0) is 17.2. The largest absolute Gasteiger partial charge is 0.446 e. The molecule has 2 N–H and O–H groups in total. The van der Waals surface area contributed by atoms with E-state index in [4.69, 9.17) is 18.9 Å². The van der Waals surface area contributed by atoms with Crippen molar-refractivity contribution in [3.8, 4) is 0 Å². The average molecular weight is 320 g/mol. The molecule has 0 spiro atoms. The molecule has 2 amide bonds. The minimum atomic E-state index is -0.791. The van der Waals surface area contributed by atoms with E-state index in [9.17, 15) is 9.59 Å². The summed E-state index contributed by atoms with van der Waals surface area (Å²) in [5.41, 5.74) is 3.52. The van der Waals surface area contributed by atoms with Gasteiger partial charge in [0.1, 0.15) is 13.2 Å². The standard InChI is InChI=1S/C14H28N2O6/c1-13(2,3)21-9-7-19-11(17)15-16-12(18)20-8-10-22-14(4,5)6/h7-10H2,1-6H3,(H,15,17)(H,16,18). The van der Waals surface area contributed by atoms with Crippen molar-refractivity contribution in [2.45, 2.75) is 52.7 Å². The van der Waals surface area contributed by atoms with E-state index in [1.807, 2.05) is 41.5 Å². The van der Waals surface area contributed by atoms with Gasteiger partial charge in [0.2, 0.25) is 0 Å². The number of rotatable bonds is 6. The van der Waals surface area contributed by atoms with Gasteiger partial charge in [-0.25, -0.2) is 20.4 Å². The summed E-state index contributed by atoms with van der Waals surface area (Å²) in [5.74, 6) is 0. The van der Waals surface area contributed by atoms with Crippen LogP contribution in [-0.4, -0.2) is 49.8 Å². The minimum absolute atomic E-state index is 0.0826. The quantitative estimate of drug-likeness (QED) is 0.574. The van der Waals surface area contributed by atoms with Crippen LogP contribution in [0.1, 0.15) is 41.5 Å². The number of ether oxygens (including phenoxy) is 4. The van der Waals surface area contributed by atoms with Gasteiger partial charge in [-0.3, -0.25) is 0 Å². The number of hydrazine groups is 1. The van der Waals surface area contributed by atoms with Crippen LogP contribution in [0.5, 0.6) is 0 Å². The molecule has 8 nitrogen and oxygen atoms in total. The van der Waals surface area contributed by atoms with Crippen LogP contribution in [0.15, 0.2) is 0 Å². The molecule has 0 aromatic carbocycles. The van der Waals surface area contributed by atoms with Crippen molar-refractivity contribution in [3.05, 3.63) is 0 Å². The Morgan fingerprint density at radius 2 is 1.00 bits per heavy atom. The van der Waals surface area contributed by atoms with E-state index in [1.165, 1.54) is 0 Å². The normalized spacial score (nSPS) is 11.7. The molecule has 0 aromatic heterocycles. The Kier molecular flexibility index (Phi) is 8.81. The lowest BCUT2D eigenvalue weighted by Gasteiger charge is -2.19. The van der Waals surface area contributed by atoms with Crippen LogP contribution < -0.4 is 10.9 Å². The minimum Gasteiger partial charge on any atom is -0.446 e. The first-order chi connectivity index (χ1) is 9.99. The van der Waals surface area contributed by atoms with Crippen molar-refractivity contribution in [3.63, 3.8) is 0 Å². The molecular weight excluding hydrogens is 292 g/mol. The Morgan fingerprint density at radius 1 is 0.682 bits per heavy atom. The second-order valence-corrected chi connectivity index (χ2v) is 6.44. The van der Waals surface area contributed by atoms with Crippen LogP contribution in [0.3, 0.4) is 0 Å². The van der Waals surface area contributed by atoms with Gasteiger partial charge in [0, 0.05) is 0 Å². The highest BCUT2D eigenvalue weighted by atomic mass is 16.6. The van der Waals surface area contributed by atoms with Crippen molar-refractivity contribution in [1.29, 1.82) is 0 Å². The maximum absolute atomic E-state index is 11.2. The summed E-state index contributed by atoms with van der Waals surface area (Å²) in [6.07, 6.45) is -1.58. The van der Waals surface area contributed by atoms with E-state index in [0.29, 0.717) is 0 Å². The molecule has 0 radical (unpaired) electrons. The molecule has 0 heterocycles. The summed E-state index contributed by atoms with van der Waals surface area (Å²) < 4.78 is 20.3. The first-order valence-electron chi connectivity index (χ1n) is 7.13. The number of hydrogen-bond donors (Lipinski definition) is 2. The highest BCUT2D eigenvalue weighted by Gasteiger charge is 2.12. The van der Waals surface area contributed by atoms with E-state index in [2.05, 4.69) is 10.9 Å². The van der Waals surface area contributed by atoms with E-state index in [1.54, 1.807) is 0 Å². The van der Waals surface area contributed by atoms with Crippen LogP contribution >= 0.6 is 0 Å². The molecule has 0 rings (SSSR count). The number of amides is 2. The molecule has 0 saturated heterocycles. The van der Waals surface area contributed by atoms with Crippen LogP contribution in [0.4, 0.5) is 9.59 Å². The molecule has 0 fully saturated rings. The van der Waals surface area contributed by atoms with Crippen molar-refractivity contribution in [1.82, 2.24) is 10.9 Å². The van der Waals surface area contributed by atoms with Gasteiger partial charge < -0.3 is 18.9 Å². The zero-order valence-corrected chi connectivity index (χ0v) is 14.3. The highest BCUT2D eigenvalue weighted by molar-refractivity contribution is 5.73. The predicted molar refractivity (Wildman–Crippen MR) is 80.4 cm³/mol. The van der Waals surface area contributed by atoms with E-state index in [-0.39, 0.29) is 37.6 Å². The molecule has 0 saturated carbocycles. The second-order valence-electron chi connectivity index (χ2n) is 6.44. The Balaban J connectivity index is 3.59. The molecule has 0 unspecified atom stereocenters. The topological polar surface area (TPSA) is 95.1 Å². The SMILES string of the molecule is CC(C)(C)OCCOC(=O)NNC(=O)OCCOC(C)(C)C. The number of carbonyl (C=O) groups excluding carboxylic acids is 2. The first-order valence-corrected chi connectivity index (χ1v) is 7.13. The molecule has 0 aliphatic rings. The van der Waals surface area contributed by atoms with Crippen molar-refractivity contribution in [2.75, 3.05) is 26.4 Å². The van der Waals surface area contributed by atoms with Gasteiger partial charge in [0.05, 0.1) is 24.4 Å². The molecular formula is C14H28N2O6. The van der Waals surface area contributed by atoms with Crippen LogP contribution in [0.25, 0.3) is 0 Å². The Hall–Kier alpha value is -1.54. The molecule has 8 heteroatoms. The van der Waals surface area contributed by atoms with Gasteiger partial charge in [-0.05, 0) is 41.5 Å². The maximum atomic E-state index is 11.2. The molecule has 0 atom stereocenters. The summed E-state index contributed by atoms with van der Waals surface area (Å²) in [6.45, 7) is 12.1. The van der Waals surface area contributed by atoms with Gasteiger partial charge in [-0.15, -0.1) is 0 Å². The number of carbonyl (C=O) groups is 2. The van der Waals surface area contributed by atoms with E-state index < -0.39 is 12.2 Å². The van der Waals surface area contributed by atoms with Crippen molar-refractivity contribution >= 4 is 12.2 Å². The maximum Gasteiger partial charge on any atom is 0.426 e. The van der Waals surface area contributed by atoms with Gasteiger partial charge in [-0.2, -0.15) is 0 Å². The van der Waals surface area contributed by atoms with E-state index >= 15 is 0 Å². The Morgan fingerprint density at radius 3 is 1.27 bits per heavy atom. The number of hydrogen-bond acceptors (Lipinski definition) is 6. The monoisotopic (exact) mass is 320 g/mol. The third-order valence-electron chi connectivity index (χ3n) is 1.97. The molecule has 0 bridgehead atoms. The van der Waals surface area contributed by atoms with Crippen LogP contribution in [-0.2, 0) is 18.9 Å². The van der Waals surface area contributed by atoms with E-state index in [0.717, 1.165) is 0 Å². The van der Waals surface area contributed by atoms with Gasteiger partial charge in [-0.1, -0.05) is 0 Å². The fourth-order valence-electron chi connectivity index (χ4n) is 1.14. The second kappa shape index (κ2) is 9.47. The summed E-state index contributed by atoms with van der Waals surface area (Å²) in [4.78, 5) is 22.5. The van der Waals surface area contributed by atoms with Gasteiger partial charge in [0.25, 0.3) is 0 Å². The van der Waals surface area contributed by atoms with Crippen molar-refractivity contribution < 1.29 is 28.5 Å². The molecule has 0 aromatic rings. The predicted octanol–water partition coefficient (Wildman–Crippen LogP) is 1.98. The molecule has 0 aliphatic carbocycles. The third-order valence-corrected chi connectivity index (χ3v) is 1.97. The Bertz CT molecular complexity index is 312. The lowest BCUT2D eigenvalue weighted by molar-refractivity contribution is -0.0251. The first kappa shape index (κ1) is 20.5. The van der Waals surface area contributed by atoms with Crippen LogP contribution in [0, 0.1) is 0 Å². The van der Waals surface area contributed by atoms with Crippen molar-refractivity contribution in [2.24, 2.45) is 0 Å². The third kappa shape index (κ3) is 14.9. The van der Waals surface area contributed by atoms with Crippen LogP contribution in [0.2, 0.25) is 0 Å². The number of nitrogens with one attached hydrogen (secondary N) is 2. The fourth-order valence-corrected chi connectivity index (χ4v) is 1.14. The highest BCUT2D eigenvalue weighted by Crippen LogP contribution is 2.06. The van der Waals surface area contributed by atoms with Gasteiger partial charge >= 0.3 is 12.2 Å². The lowest BCUT2D eigenvalue weighted by Crippen LogP contribution is -2.43. The summed E-state index contributed by atoms with van der Waals surface area (Å²) in [6, 6.07) is 0. The lowest BCUT2D eigenvalue weighted by atomic mass is 10.2. The molecule has 130 valence electrons. The van der Waals surface area contributed by atoms with Gasteiger partial charge in [0.15, 0.2) is 0 Å². The molecule has 0 aliphatic heterocycles. The average Bonchev–Trinajstić information content (AvgIpc) is 2.35. The zero-order valence-electron chi connectivity index (χ0n) is 14.3. The summed E-state index contributed by atoms with van der Waals surface area (Å²) >= 11 is 0. The molecule has 22 heavy (non-hydrogen) atoms.